The molecule has 0 aliphatic carbocycles. The van der Waals surface area contributed by atoms with Gasteiger partial charge in [0.15, 0.2) is 5.82 Å². The molecule has 2 aliphatic heterocycles. The predicted octanol–water partition coefficient (Wildman–Crippen LogP) is 2.94. The van der Waals surface area contributed by atoms with E-state index < -0.39 is 0 Å². The number of aryl methyl sites for hydroxylation is 1. The molecule has 0 saturated carbocycles. The summed E-state index contributed by atoms with van der Waals surface area (Å²) >= 11 is 0. The van der Waals surface area contributed by atoms with Crippen LogP contribution in [0.1, 0.15) is 51.3 Å². The third-order valence-electron chi connectivity index (χ3n) is 6.90. The van der Waals surface area contributed by atoms with E-state index in [9.17, 15) is 9.59 Å². The summed E-state index contributed by atoms with van der Waals surface area (Å²) in [7, 11) is 0. The second kappa shape index (κ2) is 10.5. The third-order valence-corrected chi connectivity index (χ3v) is 6.90. The monoisotopic (exact) mass is 479 g/mol. The minimum atomic E-state index is -0.276. The first-order valence-corrected chi connectivity index (χ1v) is 12.7. The normalized spacial score (nSPS) is 17.2. The van der Waals surface area contributed by atoms with E-state index in [1.807, 2.05) is 24.3 Å². The van der Waals surface area contributed by atoms with Crippen molar-refractivity contribution in [3.05, 3.63) is 30.1 Å². The van der Waals surface area contributed by atoms with Crippen molar-refractivity contribution in [2.75, 3.05) is 37.7 Å². The third kappa shape index (κ3) is 5.01. The number of ether oxygens (including phenoxy) is 1. The molecule has 1 N–H and O–H groups in total. The number of hydrogen-bond donors (Lipinski definition) is 1. The van der Waals surface area contributed by atoms with E-state index in [4.69, 9.17) is 9.72 Å². The zero-order chi connectivity index (χ0) is 24.2. The fraction of sp³-hybridized carbons (Fsp3) is 0.560. The van der Waals surface area contributed by atoms with Crippen LogP contribution in [0.5, 0.6) is 0 Å². The van der Waals surface area contributed by atoms with E-state index in [0.717, 1.165) is 67.1 Å². The number of piperidine rings is 2. The smallest absolute Gasteiger partial charge is 0.409 e. The first kappa shape index (κ1) is 23.3. The van der Waals surface area contributed by atoms with Gasteiger partial charge in [0, 0.05) is 45.1 Å². The molecular formula is C25H33N7O3. The lowest BCUT2D eigenvalue weighted by Crippen LogP contribution is -2.46. The van der Waals surface area contributed by atoms with Crippen LogP contribution < -0.4 is 10.2 Å². The van der Waals surface area contributed by atoms with Crippen molar-refractivity contribution in [1.29, 1.82) is 0 Å². The fourth-order valence-electron chi connectivity index (χ4n) is 5.05. The molecular weight excluding hydrogens is 446 g/mol. The van der Waals surface area contributed by atoms with Crippen LogP contribution in [-0.2, 0) is 16.0 Å². The number of rotatable bonds is 6. The van der Waals surface area contributed by atoms with Gasteiger partial charge >= 0.3 is 6.09 Å². The van der Waals surface area contributed by atoms with Crippen molar-refractivity contribution in [3.63, 3.8) is 0 Å². The van der Waals surface area contributed by atoms with Gasteiger partial charge in [-0.2, -0.15) is 0 Å². The summed E-state index contributed by atoms with van der Waals surface area (Å²) < 4.78 is 7.13. The van der Waals surface area contributed by atoms with E-state index >= 15 is 0 Å². The molecule has 1 aromatic carbocycles. The lowest BCUT2D eigenvalue weighted by Gasteiger charge is -2.31. The summed E-state index contributed by atoms with van der Waals surface area (Å²) in [4.78, 5) is 33.6. The zero-order valence-corrected chi connectivity index (χ0v) is 20.3. The number of aromatic nitrogens is 4. The van der Waals surface area contributed by atoms with E-state index in [0.29, 0.717) is 32.5 Å². The maximum atomic E-state index is 12.7. The number of benzene rings is 1. The Balaban J connectivity index is 1.27. The maximum absolute atomic E-state index is 12.7. The fourth-order valence-corrected chi connectivity index (χ4v) is 5.05. The van der Waals surface area contributed by atoms with E-state index in [1.165, 1.54) is 6.42 Å². The van der Waals surface area contributed by atoms with Crippen LogP contribution >= 0.6 is 0 Å². The molecule has 2 aliphatic rings. The van der Waals surface area contributed by atoms with Crippen molar-refractivity contribution in [2.24, 2.45) is 0 Å². The standard InChI is InChI=1S/C25H33N7O3/c1-2-35-25(34)31-16-12-18(13-17-31)26-22(33)11-10-21-28-29-24-23(30-14-6-3-7-15-30)27-19-8-4-5-9-20(19)32(21)24/h4-5,8-9,18H,2-3,6-7,10-17H2,1H3,(H,26,33). The molecule has 0 unspecified atom stereocenters. The minimum Gasteiger partial charge on any atom is -0.450 e. The second-order valence-corrected chi connectivity index (χ2v) is 9.27. The van der Waals surface area contributed by atoms with Gasteiger partial charge in [-0.05, 0) is 51.2 Å². The van der Waals surface area contributed by atoms with Gasteiger partial charge in [-0.15, -0.1) is 10.2 Å². The van der Waals surface area contributed by atoms with Crippen molar-refractivity contribution in [1.82, 2.24) is 29.8 Å². The van der Waals surface area contributed by atoms with Gasteiger partial charge in [0.25, 0.3) is 0 Å². The summed E-state index contributed by atoms with van der Waals surface area (Å²) in [6.07, 6.45) is 5.55. The molecule has 0 atom stereocenters. The number of anilines is 1. The highest BCUT2D eigenvalue weighted by molar-refractivity contribution is 5.83. The lowest BCUT2D eigenvalue weighted by atomic mass is 10.1. The number of carbonyl (C=O) groups is 2. The molecule has 0 radical (unpaired) electrons. The molecule has 0 spiro atoms. The number of para-hydroxylation sites is 2. The lowest BCUT2D eigenvalue weighted by molar-refractivity contribution is -0.122. The summed E-state index contributed by atoms with van der Waals surface area (Å²) in [5, 5.41) is 12.1. The average molecular weight is 480 g/mol. The molecule has 0 bridgehead atoms. The molecule has 35 heavy (non-hydrogen) atoms. The van der Waals surface area contributed by atoms with Crippen LogP contribution in [0.2, 0.25) is 0 Å². The molecule has 10 nitrogen and oxygen atoms in total. The van der Waals surface area contributed by atoms with Crippen LogP contribution in [0, 0.1) is 0 Å². The molecule has 2 saturated heterocycles. The van der Waals surface area contributed by atoms with Crippen molar-refractivity contribution >= 4 is 34.5 Å². The van der Waals surface area contributed by atoms with Gasteiger partial charge in [0.05, 0.1) is 17.6 Å². The molecule has 2 amide bonds. The number of nitrogens with one attached hydrogen (secondary N) is 1. The predicted molar refractivity (Wildman–Crippen MR) is 132 cm³/mol. The van der Waals surface area contributed by atoms with Gasteiger partial charge in [-0.1, -0.05) is 12.1 Å². The second-order valence-electron chi connectivity index (χ2n) is 9.27. The van der Waals surface area contributed by atoms with Crippen molar-refractivity contribution in [2.45, 2.75) is 57.9 Å². The first-order valence-electron chi connectivity index (χ1n) is 12.7. The van der Waals surface area contributed by atoms with Gasteiger partial charge in [0.1, 0.15) is 5.82 Å². The summed E-state index contributed by atoms with van der Waals surface area (Å²) in [6.45, 7) is 5.31. The van der Waals surface area contributed by atoms with Crippen LogP contribution in [0.4, 0.5) is 10.6 Å². The van der Waals surface area contributed by atoms with Gasteiger partial charge in [0.2, 0.25) is 11.6 Å². The van der Waals surface area contributed by atoms with Crippen molar-refractivity contribution < 1.29 is 14.3 Å². The Morgan fingerprint density at radius 1 is 1.06 bits per heavy atom. The summed E-state index contributed by atoms with van der Waals surface area (Å²) in [6, 6.07) is 8.09. The van der Waals surface area contributed by atoms with Crippen molar-refractivity contribution in [3.8, 4) is 0 Å². The van der Waals surface area contributed by atoms with Crippen LogP contribution in [0.3, 0.4) is 0 Å². The average Bonchev–Trinajstić information content (AvgIpc) is 3.32. The Hall–Kier alpha value is -3.43. The first-order chi connectivity index (χ1) is 17.1. The number of amides is 2. The number of fused-ring (bicyclic) bond motifs is 3. The van der Waals surface area contributed by atoms with E-state index in [2.05, 4.69) is 24.8 Å². The molecule has 186 valence electrons. The summed E-state index contributed by atoms with van der Waals surface area (Å²) in [5.41, 5.74) is 2.61. The molecule has 2 fully saturated rings. The highest BCUT2D eigenvalue weighted by Crippen LogP contribution is 2.27. The van der Waals surface area contributed by atoms with Gasteiger partial charge in [-0.3, -0.25) is 9.20 Å². The minimum absolute atomic E-state index is 0.00838. The molecule has 5 rings (SSSR count). The number of nitrogens with zero attached hydrogens (tertiary/aromatic N) is 6. The highest BCUT2D eigenvalue weighted by atomic mass is 16.6. The summed E-state index contributed by atoms with van der Waals surface area (Å²) in [5.74, 6) is 1.63. The van der Waals surface area contributed by atoms with Crippen LogP contribution in [0.25, 0.3) is 16.7 Å². The Morgan fingerprint density at radius 2 is 1.83 bits per heavy atom. The van der Waals surface area contributed by atoms with Crippen LogP contribution in [0.15, 0.2) is 24.3 Å². The van der Waals surface area contributed by atoms with Gasteiger partial charge in [-0.25, -0.2) is 9.78 Å². The Bertz CT molecular complexity index is 1200. The van der Waals surface area contributed by atoms with Gasteiger partial charge < -0.3 is 19.9 Å². The topological polar surface area (TPSA) is 105 Å². The Morgan fingerprint density at radius 3 is 2.60 bits per heavy atom. The zero-order valence-electron chi connectivity index (χ0n) is 20.3. The number of likely N-dealkylation sites (tertiary alicyclic amines) is 1. The molecule has 4 heterocycles. The Kier molecular flexibility index (Phi) is 6.96. The quantitative estimate of drug-likeness (QED) is 0.580. The van der Waals surface area contributed by atoms with E-state index in [-0.39, 0.29) is 18.0 Å². The van der Waals surface area contributed by atoms with Crippen LogP contribution in [-0.4, -0.2) is 75.3 Å². The Labute approximate surface area is 204 Å². The molecule has 3 aromatic rings. The largest absolute Gasteiger partial charge is 0.450 e. The van der Waals surface area contributed by atoms with E-state index in [1.54, 1.807) is 11.8 Å². The maximum Gasteiger partial charge on any atom is 0.409 e. The molecule has 2 aromatic heterocycles. The molecule has 10 heteroatoms. The highest BCUT2D eigenvalue weighted by Gasteiger charge is 2.25. The number of hydrogen-bond acceptors (Lipinski definition) is 7. The number of carbonyl (C=O) groups excluding carboxylic acids is 2. The SMILES string of the molecule is CCOC(=O)N1CCC(NC(=O)CCc2nnc3c(N4CCCCC4)nc4ccccc4n23)CC1.